The molecule has 7 nitrogen and oxygen atoms in total. The van der Waals surface area contributed by atoms with Crippen LogP contribution in [0.5, 0.6) is 0 Å². The number of aliphatic hydroxyl groups excluding tert-OH is 2. The number of hydrogen-bond donors (Lipinski definition) is 2. The molecule has 0 radical (unpaired) electrons. The van der Waals surface area contributed by atoms with Gasteiger partial charge in [0.25, 0.3) is 17.7 Å². The van der Waals surface area contributed by atoms with E-state index in [9.17, 15) is 14.4 Å². The summed E-state index contributed by atoms with van der Waals surface area (Å²) in [5.74, 6) is 0.280. The number of imide groups is 1. The van der Waals surface area contributed by atoms with Crippen LogP contribution in [-0.4, -0.2) is 70.6 Å². The fraction of sp³-hybridized carbons (Fsp3) is 0.259. The number of carbonyl (C=O) groups is 3. The number of aliphatic hydroxyl groups is 2. The molecule has 2 aromatic rings. The molecular weight excluding hydrogens is 464 g/mol. The van der Waals surface area contributed by atoms with E-state index < -0.39 is 11.8 Å². The van der Waals surface area contributed by atoms with Crippen LogP contribution in [-0.2, 0) is 11.2 Å². The van der Waals surface area contributed by atoms with Gasteiger partial charge in [-0.25, -0.2) is 4.90 Å². The minimum absolute atomic E-state index is 0.0179. The number of thioether (sulfide) groups is 1. The van der Waals surface area contributed by atoms with Crippen molar-refractivity contribution in [2.24, 2.45) is 0 Å². The number of nitrogens with zero attached hydrogens (tertiary/aromatic N) is 2. The molecule has 2 N–H and O–H groups in total. The number of allylic oxidation sites excluding steroid dienone is 1. The molecular formula is C27H24N2O5S. The Morgan fingerprint density at radius 1 is 0.857 bits per heavy atom. The first-order chi connectivity index (χ1) is 17.0. The van der Waals surface area contributed by atoms with Crippen molar-refractivity contribution in [3.8, 4) is 0 Å². The van der Waals surface area contributed by atoms with E-state index in [2.05, 4.69) is 5.73 Å². The summed E-state index contributed by atoms with van der Waals surface area (Å²) in [7, 11) is 0. The molecule has 2 aromatic carbocycles. The number of carbonyl (C=O) groups excluding carboxylic acids is 3. The van der Waals surface area contributed by atoms with Crippen LogP contribution < -0.4 is 4.90 Å². The summed E-state index contributed by atoms with van der Waals surface area (Å²) in [6, 6.07) is 10.3. The molecule has 178 valence electrons. The summed E-state index contributed by atoms with van der Waals surface area (Å²) in [6.07, 6.45) is 4.03. The molecule has 5 rings (SSSR count). The summed E-state index contributed by atoms with van der Waals surface area (Å²) in [6.45, 7) is 1.04. The molecule has 0 saturated carbocycles. The van der Waals surface area contributed by atoms with Crippen molar-refractivity contribution in [2.75, 3.05) is 42.7 Å². The van der Waals surface area contributed by atoms with Gasteiger partial charge in [-0.1, -0.05) is 12.1 Å². The SMILES string of the molecule is O=C1c2ccc3c4c2C(=CC=C=C4C(=O)N(c2ccc(CCO)cc2)C3=O)CN1CCSCCO. The van der Waals surface area contributed by atoms with Gasteiger partial charge in [-0.15, -0.1) is 5.73 Å². The Kier molecular flexibility index (Phi) is 6.45. The molecule has 1 aliphatic carbocycles. The first-order valence-corrected chi connectivity index (χ1v) is 12.6. The van der Waals surface area contributed by atoms with Crippen LogP contribution in [0.1, 0.15) is 37.4 Å². The van der Waals surface area contributed by atoms with Crippen molar-refractivity contribution < 1.29 is 24.6 Å². The van der Waals surface area contributed by atoms with E-state index >= 15 is 0 Å². The zero-order chi connectivity index (χ0) is 24.5. The van der Waals surface area contributed by atoms with Gasteiger partial charge in [-0.2, -0.15) is 11.8 Å². The van der Waals surface area contributed by atoms with E-state index in [-0.39, 0.29) is 24.7 Å². The fourth-order valence-electron chi connectivity index (χ4n) is 4.70. The Morgan fingerprint density at radius 3 is 2.31 bits per heavy atom. The Balaban J connectivity index is 1.54. The third-order valence-corrected chi connectivity index (χ3v) is 7.30. The van der Waals surface area contributed by atoms with E-state index in [1.54, 1.807) is 59.1 Å². The average molecular weight is 489 g/mol. The van der Waals surface area contributed by atoms with Gasteiger partial charge in [0, 0.05) is 53.5 Å². The monoisotopic (exact) mass is 488 g/mol. The van der Waals surface area contributed by atoms with E-state index in [0.29, 0.717) is 59.0 Å². The first kappa shape index (κ1) is 23.3. The molecule has 0 unspecified atom stereocenters. The number of benzene rings is 2. The standard InChI is InChI=1S/C27H24N2O5S/c30-12-10-17-4-6-19(7-5-17)29-26(33)20-3-1-2-18-16-28(11-14-35-15-13-31)25(32)21-8-9-22(27(29)34)24(20)23(18)21/h1-2,4-9,30-31H,10-16H2. The molecule has 0 bridgehead atoms. The summed E-state index contributed by atoms with van der Waals surface area (Å²) in [5.41, 5.74) is 7.52. The first-order valence-electron chi connectivity index (χ1n) is 11.4. The largest absolute Gasteiger partial charge is 0.396 e. The Labute approximate surface area is 207 Å². The molecule has 0 aromatic heterocycles. The number of amides is 3. The van der Waals surface area contributed by atoms with E-state index in [1.807, 2.05) is 6.08 Å². The summed E-state index contributed by atoms with van der Waals surface area (Å²) >= 11 is 1.58. The molecule has 3 aliphatic rings. The molecule has 35 heavy (non-hydrogen) atoms. The van der Waals surface area contributed by atoms with Crippen molar-refractivity contribution >= 4 is 46.3 Å². The van der Waals surface area contributed by atoms with Gasteiger partial charge in [-0.3, -0.25) is 14.4 Å². The topological polar surface area (TPSA) is 98.2 Å². The second-order valence-electron chi connectivity index (χ2n) is 8.44. The molecule has 0 atom stereocenters. The highest BCUT2D eigenvalue weighted by Gasteiger charge is 2.41. The Morgan fingerprint density at radius 2 is 1.60 bits per heavy atom. The molecule has 0 fully saturated rings. The maximum absolute atomic E-state index is 13.6. The van der Waals surface area contributed by atoms with Crippen molar-refractivity contribution in [1.29, 1.82) is 0 Å². The predicted molar refractivity (Wildman–Crippen MR) is 135 cm³/mol. The van der Waals surface area contributed by atoms with Gasteiger partial charge in [0.2, 0.25) is 0 Å². The second kappa shape index (κ2) is 9.68. The molecule has 8 heteroatoms. The highest BCUT2D eigenvalue weighted by molar-refractivity contribution is 7.99. The lowest BCUT2D eigenvalue weighted by molar-refractivity contribution is -0.112. The van der Waals surface area contributed by atoms with Crippen LogP contribution in [0, 0.1) is 0 Å². The smallest absolute Gasteiger partial charge is 0.273 e. The minimum atomic E-state index is -0.480. The van der Waals surface area contributed by atoms with E-state index in [4.69, 9.17) is 10.2 Å². The number of anilines is 1. The number of rotatable bonds is 8. The van der Waals surface area contributed by atoms with Gasteiger partial charge < -0.3 is 15.1 Å². The van der Waals surface area contributed by atoms with Crippen LogP contribution in [0.3, 0.4) is 0 Å². The quantitative estimate of drug-likeness (QED) is 0.337. The van der Waals surface area contributed by atoms with Gasteiger partial charge in [0.1, 0.15) is 0 Å². The van der Waals surface area contributed by atoms with E-state index in [0.717, 1.165) is 16.0 Å². The van der Waals surface area contributed by atoms with Gasteiger partial charge >= 0.3 is 0 Å². The van der Waals surface area contributed by atoms with Crippen molar-refractivity contribution in [2.45, 2.75) is 6.42 Å². The van der Waals surface area contributed by atoms with Gasteiger partial charge in [0.05, 0.1) is 17.9 Å². The van der Waals surface area contributed by atoms with Crippen LogP contribution >= 0.6 is 11.8 Å². The zero-order valence-electron chi connectivity index (χ0n) is 19.0. The highest BCUT2D eigenvalue weighted by Crippen LogP contribution is 2.41. The van der Waals surface area contributed by atoms with Crippen LogP contribution in [0.2, 0.25) is 0 Å². The minimum Gasteiger partial charge on any atom is -0.396 e. The fourth-order valence-corrected chi connectivity index (χ4v) is 5.39. The molecule has 3 amide bonds. The van der Waals surface area contributed by atoms with Crippen LogP contribution in [0.15, 0.2) is 54.3 Å². The van der Waals surface area contributed by atoms with Gasteiger partial charge in [0.15, 0.2) is 0 Å². The molecule has 0 saturated heterocycles. The lowest BCUT2D eigenvalue weighted by Gasteiger charge is -2.34. The maximum atomic E-state index is 13.6. The summed E-state index contributed by atoms with van der Waals surface area (Å²) < 4.78 is 0. The van der Waals surface area contributed by atoms with Crippen molar-refractivity contribution in [3.63, 3.8) is 0 Å². The predicted octanol–water partition coefficient (Wildman–Crippen LogP) is 2.53. The summed E-state index contributed by atoms with van der Waals surface area (Å²) in [5, 5.41) is 18.1. The lowest BCUT2D eigenvalue weighted by atomic mass is 9.82. The molecule has 0 spiro atoms. The van der Waals surface area contributed by atoms with E-state index in [1.165, 1.54) is 0 Å². The van der Waals surface area contributed by atoms with Crippen molar-refractivity contribution in [1.82, 2.24) is 4.90 Å². The molecule has 2 heterocycles. The third kappa shape index (κ3) is 4.05. The summed E-state index contributed by atoms with van der Waals surface area (Å²) in [4.78, 5) is 43.3. The third-order valence-electron chi connectivity index (χ3n) is 6.35. The average Bonchev–Trinajstić information content (AvgIpc) is 3.05. The molecule has 2 aliphatic heterocycles. The number of hydrogen-bond acceptors (Lipinski definition) is 6. The normalized spacial score (nSPS) is 16.2. The van der Waals surface area contributed by atoms with Crippen LogP contribution in [0.4, 0.5) is 5.69 Å². The second-order valence-corrected chi connectivity index (χ2v) is 9.66. The highest BCUT2D eigenvalue weighted by atomic mass is 32.2. The van der Waals surface area contributed by atoms with Crippen molar-refractivity contribution in [3.05, 3.63) is 82.1 Å². The van der Waals surface area contributed by atoms with Gasteiger partial charge in [-0.05, 0) is 54.0 Å². The Hall–Kier alpha value is -3.42. The van der Waals surface area contributed by atoms with Crippen LogP contribution in [0.25, 0.3) is 11.1 Å². The maximum Gasteiger partial charge on any atom is 0.273 e. The lowest BCUT2D eigenvalue weighted by Crippen LogP contribution is -2.44. The zero-order valence-corrected chi connectivity index (χ0v) is 19.8. The Bertz CT molecular complexity index is 1320.